The van der Waals surface area contributed by atoms with E-state index in [1.54, 1.807) is 20.8 Å². The molecule has 3 heterocycles. The molecule has 0 unspecified atom stereocenters. The van der Waals surface area contributed by atoms with Crippen LogP contribution in [-0.2, 0) is 20.8 Å². The first kappa shape index (κ1) is 21.3. The fourth-order valence-corrected chi connectivity index (χ4v) is 4.52. The number of hydrogen-bond acceptors (Lipinski definition) is 5. The van der Waals surface area contributed by atoms with Gasteiger partial charge in [-0.15, -0.1) is 0 Å². The molecule has 3 aliphatic rings. The van der Waals surface area contributed by atoms with E-state index in [4.69, 9.17) is 9.47 Å². The number of anilines is 1. The molecule has 0 bridgehead atoms. The van der Waals surface area contributed by atoms with Gasteiger partial charge in [-0.2, -0.15) is 0 Å². The van der Waals surface area contributed by atoms with Crippen molar-refractivity contribution in [1.82, 2.24) is 9.80 Å². The third-order valence-corrected chi connectivity index (χ3v) is 6.40. The van der Waals surface area contributed by atoms with Gasteiger partial charge in [-0.1, -0.05) is 24.3 Å². The summed E-state index contributed by atoms with van der Waals surface area (Å²) < 4.78 is 11.5. The highest BCUT2D eigenvalue weighted by Crippen LogP contribution is 2.31. The minimum Gasteiger partial charge on any atom is -0.485 e. The van der Waals surface area contributed by atoms with Crippen LogP contribution in [0, 0.1) is 0 Å². The largest absolute Gasteiger partial charge is 0.485 e. The predicted octanol–water partition coefficient (Wildman–Crippen LogP) is 1.87. The van der Waals surface area contributed by atoms with E-state index in [2.05, 4.69) is 0 Å². The van der Waals surface area contributed by atoms with E-state index >= 15 is 0 Å². The maximum atomic E-state index is 12.9. The minimum absolute atomic E-state index is 0.0401. The number of fused-ring (bicyclic) bond motifs is 1. The highest BCUT2D eigenvalue weighted by atomic mass is 16.6. The summed E-state index contributed by atoms with van der Waals surface area (Å²) in [4.78, 5) is 42.9. The maximum Gasteiger partial charge on any atom is 0.267 e. The lowest BCUT2D eigenvalue weighted by molar-refractivity contribution is -0.146. The molecule has 2 aromatic carbocycles. The Hall–Kier alpha value is -3.55. The van der Waals surface area contributed by atoms with Crippen LogP contribution >= 0.6 is 0 Å². The van der Waals surface area contributed by atoms with Crippen LogP contribution in [0.25, 0.3) is 0 Å². The van der Waals surface area contributed by atoms with Crippen LogP contribution in [0.5, 0.6) is 11.5 Å². The van der Waals surface area contributed by atoms with Crippen molar-refractivity contribution in [3.63, 3.8) is 0 Å². The van der Waals surface area contributed by atoms with Crippen molar-refractivity contribution in [2.75, 3.05) is 44.2 Å². The SMILES string of the molecule is O=C(Cc1ccc(N2CCCC2=O)cc1)N1CCN(C(=O)[C@H]2COc3ccccc3O2)CC1. The molecule has 2 aromatic rings. The van der Waals surface area contributed by atoms with Crippen LogP contribution in [-0.4, -0.2) is 73.0 Å². The standard InChI is InChI=1S/C25H27N3O5/c29-23-6-3-11-28(23)19-9-7-18(8-10-19)16-24(30)26-12-14-27(15-13-26)25(31)22-17-32-20-4-1-2-5-21(20)33-22/h1-2,4-5,7-10,22H,3,6,11-17H2/t22-/m1/s1. The molecule has 3 aliphatic heterocycles. The van der Waals surface area contributed by atoms with Crippen LogP contribution in [0.3, 0.4) is 0 Å². The predicted molar refractivity (Wildman–Crippen MR) is 121 cm³/mol. The zero-order valence-electron chi connectivity index (χ0n) is 18.4. The van der Waals surface area contributed by atoms with Crippen molar-refractivity contribution >= 4 is 23.4 Å². The van der Waals surface area contributed by atoms with Gasteiger partial charge in [-0.05, 0) is 36.2 Å². The Morgan fingerprint density at radius 3 is 2.27 bits per heavy atom. The Morgan fingerprint density at radius 1 is 0.879 bits per heavy atom. The van der Waals surface area contributed by atoms with Gasteiger partial charge in [0.15, 0.2) is 11.5 Å². The van der Waals surface area contributed by atoms with E-state index in [1.807, 2.05) is 42.5 Å². The number of amides is 3. The van der Waals surface area contributed by atoms with Crippen LogP contribution < -0.4 is 14.4 Å². The van der Waals surface area contributed by atoms with E-state index in [-0.39, 0.29) is 24.3 Å². The summed E-state index contributed by atoms with van der Waals surface area (Å²) >= 11 is 0. The van der Waals surface area contributed by atoms with Gasteiger partial charge in [-0.25, -0.2) is 0 Å². The van der Waals surface area contributed by atoms with Gasteiger partial charge >= 0.3 is 0 Å². The van der Waals surface area contributed by atoms with Gasteiger partial charge in [0.05, 0.1) is 6.42 Å². The Kier molecular flexibility index (Phi) is 5.90. The number of para-hydroxylation sites is 2. The molecule has 3 amide bonds. The first-order valence-corrected chi connectivity index (χ1v) is 11.4. The highest BCUT2D eigenvalue weighted by Gasteiger charge is 2.33. The highest BCUT2D eigenvalue weighted by molar-refractivity contribution is 5.95. The Labute approximate surface area is 192 Å². The molecule has 8 heteroatoms. The molecule has 1 atom stereocenters. The maximum absolute atomic E-state index is 12.9. The monoisotopic (exact) mass is 449 g/mol. The zero-order chi connectivity index (χ0) is 22.8. The van der Waals surface area contributed by atoms with Crippen LogP contribution in [0.2, 0.25) is 0 Å². The summed E-state index contributed by atoms with van der Waals surface area (Å²) in [6.45, 7) is 2.88. The summed E-state index contributed by atoms with van der Waals surface area (Å²) in [6, 6.07) is 15.0. The first-order chi connectivity index (χ1) is 16.1. The number of ether oxygens (including phenoxy) is 2. The minimum atomic E-state index is -0.664. The lowest BCUT2D eigenvalue weighted by Crippen LogP contribution is -2.55. The van der Waals surface area contributed by atoms with E-state index in [0.717, 1.165) is 24.2 Å². The van der Waals surface area contributed by atoms with Crippen LogP contribution in [0.4, 0.5) is 5.69 Å². The smallest absolute Gasteiger partial charge is 0.267 e. The summed E-state index contributed by atoms with van der Waals surface area (Å²) in [7, 11) is 0. The number of carbonyl (C=O) groups excluding carboxylic acids is 3. The third kappa shape index (κ3) is 4.51. The van der Waals surface area contributed by atoms with E-state index in [9.17, 15) is 14.4 Å². The fourth-order valence-electron chi connectivity index (χ4n) is 4.52. The van der Waals surface area contributed by atoms with Gasteiger partial charge in [-0.3, -0.25) is 14.4 Å². The Bertz CT molecular complexity index is 1050. The normalized spacial score (nSPS) is 20.2. The quantitative estimate of drug-likeness (QED) is 0.712. The molecule has 2 saturated heterocycles. The van der Waals surface area contributed by atoms with Crippen molar-refractivity contribution < 1.29 is 23.9 Å². The number of benzene rings is 2. The number of nitrogens with zero attached hydrogens (tertiary/aromatic N) is 3. The molecule has 0 spiro atoms. The molecule has 0 aliphatic carbocycles. The van der Waals surface area contributed by atoms with Gasteiger partial charge < -0.3 is 24.2 Å². The second-order valence-corrected chi connectivity index (χ2v) is 8.56. The topological polar surface area (TPSA) is 79.4 Å². The van der Waals surface area contributed by atoms with Gasteiger partial charge in [0, 0.05) is 44.8 Å². The Balaban J connectivity index is 1.12. The molecule has 0 N–H and O–H groups in total. The molecule has 2 fully saturated rings. The van der Waals surface area contributed by atoms with Crippen LogP contribution in [0.1, 0.15) is 18.4 Å². The van der Waals surface area contributed by atoms with Crippen molar-refractivity contribution in [3.05, 3.63) is 54.1 Å². The molecule has 33 heavy (non-hydrogen) atoms. The molecular formula is C25H27N3O5. The van der Waals surface area contributed by atoms with Crippen molar-refractivity contribution in [3.8, 4) is 11.5 Å². The zero-order valence-corrected chi connectivity index (χ0v) is 18.4. The summed E-state index contributed by atoms with van der Waals surface area (Å²) in [5, 5.41) is 0. The molecule has 0 aromatic heterocycles. The third-order valence-electron chi connectivity index (χ3n) is 6.40. The molecule has 8 nitrogen and oxygen atoms in total. The van der Waals surface area contributed by atoms with Crippen molar-refractivity contribution in [2.45, 2.75) is 25.4 Å². The number of carbonyl (C=O) groups is 3. The van der Waals surface area contributed by atoms with E-state index in [0.29, 0.717) is 50.5 Å². The van der Waals surface area contributed by atoms with Crippen LogP contribution in [0.15, 0.2) is 48.5 Å². The lowest BCUT2D eigenvalue weighted by atomic mass is 10.1. The van der Waals surface area contributed by atoms with Crippen molar-refractivity contribution in [1.29, 1.82) is 0 Å². The number of rotatable bonds is 4. The first-order valence-electron chi connectivity index (χ1n) is 11.4. The average Bonchev–Trinajstić information content (AvgIpc) is 3.29. The van der Waals surface area contributed by atoms with E-state index < -0.39 is 6.10 Å². The van der Waals surface area contributed by atoms with Gasteiger partial charge in [0.25, 0.3) is 5.91 Å². The van der Waals surface area contributed by atoms with Crippen molar-refractivity contribution in [2.24, 2.45) is 0 Å². The molecular weight excluding hydrogens is 422 g/mol. The average molecular weight is 450 g/mol. The number of hydrogen-bond donors (Lipinski definition) is 0. The second kappa shape index (κ2) is 9.13. The fraction of sp³-hybridized carbons (Fsp3) is 0.400. The number of piperazine rings is 1. The molecule has 0 saturated carbocycles. The molecule has 172 valence electrons. The summed E-state index contributed by atoms with van der Waals surface area (Å²) in [5.74, 6) is 1.32. The van der Waals surface area contributed by atoms with Gasteiger partial charge in [0.1, 0.15) is 6.61 Å². The molecule has 0 radical (unpaired) electrons. The summed E-state index contributed by atoms with van der Waals surface area (Å²) in [5.41, 5.74) is 1.80. The lowest BCUT2D eigenvalue weighted by Gasteiger charge is -2.37. The van der Waals surface area contributed by atoms with E-state index in [1.165, 1.54) is 0 Å². The summed E-state index contributed by atoms with van der Waals surface area (Å²) in [6.07, 6.45) is 1.13. The second-order valence-electron chi connectivity index (χ2n) is 8.56. The Morgan fingerprint density at radius 2 is 1.58 bits per heavy atom. The molecule has 5 rings (SSSR count). The van der Waals surface area contributed by atoms with Gasteiger partial charge in [0.2, 0.25) is 17.9 Å².